The molecule has 0 aliphatic carbocycles. The topological polar surface area (TPSA) is 52.5 Å². The average molecular weight is 310 g/mol. The molecule has 20 heavy (non-hydrogen) atoms. The second-order valence-corrected chi connectivity index (χ2v) is 5.69. The number of phenols is 2. The van der Waals surface area contributed by atoms with Crippen LogP contribution in [0.15, 0.2) is 30.3 Å². The molecule has 3 nitrogen and oxygen atoms in total. The first kappa shape index (κ1) is 13.6. The Balaban J connectivity index is 2.11. The molecule has 0 bridgehead atoms. The van der Waals surface area contributed by atoms with Crippen LogP contribution >= 0.6 is 23.2 Å². The van der Waals surface area contributed by atoms with Crippen molar-refractivity contribution in [2.45, 2.75) is 12.5 Å². The Hall–Kier alpha value is -1.42. The van der Waals surface area contributed by atoms with Crippen molar-refractivity contribution >= 4 is 23.2 Å². The predicted molar refractivity (Wildman–Crippen MR) is 79.8 cm³/mol. The van der Waals surface area contributed by atoms with Crippen molar-refractivity contribution in [1.29, 1.82) is 0 Å². The third-order valence-electron chi connectivity index (χ3n) is 3.56. The van der Waals surface area contributed by atoms with E-state index in [4.69, 9.17) is 23.2 Å². The number of nitrogens with one attached hydrogen (secondary N) is 1. The van der Waals surface area contributed by atoms with E-state index in [-0.39, 0.29) is 17.5 Å². The van der Waals surface area contributed by atoms with Gasteiger partial charge in [-0.25, -0.2) is 0 Å². The largest absolute Gasteiger partial charge is 0.504 e. The summed E-state index contributed by atoms with van der Waals surface area (Å²) in [5, 5.41) is 23.9. The van der Waals surface area contributed by atoms with Crippen molar-refractivity contribution in [3.05, 3.63) is 57.1 Å². The number of hydrogen-bond donors (Lipinski definition) is 3. The molecule has 0 aromatic heterocycles. The fraction of sp³-hybridized carbons (Fsp3) is 0.200. The number of phenolic OH excluding ortho intramolecular Hbond substituents is 2. The fourth-order valence-corrected chi connectivity index (χ4v) is 3.11. The Labute approximate surface area is 126 Å². The van der Waals surface area contributed by atoms with Crippen molar-refractivity contribution < 1.29 is 10.2 Å². The SMILES string of the molecule is Oc1cc2c(cc1O)C(c1ccc(Cl)cc1Cl)NCC2. The van der Waals surface area contributed by atoms with E-state index >= 15 is 0 Å². The normalized spacial score (nSPS) is 17.8. The molecular formula is C15H13Cl2NO2. The summed E-state index contributed by atoms with van der Waals surface area (Å²) in [5.74, 6) is -0.214. The molecule has 1 heterocycles. The van der Waals surface area contributed by atoms with E-state index < -0.39 is 0 Å². The van der Waals surface area contributed by atoms with Crippen LogP contribution in [0.4, 0.5) is 0 Å². The van der Waals surface area contributed by atoms with Gasteiger partial charge in [0.15, 0.2) is 11.5 Å². The maximum Gasteiger partial charge on any atom is 0.157 e. The van der Waals surface area contributed by atoms with Crippen LogP contribution in [0.25, 0.3) is 0 Å². The van der Waals surface area contributed by atoms with Crippen LogP contribution in [-0.4, -0.2) is 16.8 Å². The van der Waals surface area contributed by atoms with Crippen LogP contribution in [0, 0.1) is 0 Å². The summed E-state index contributed by atoms with van der Waals surface area (Å²) < 4.78 is 0. The Morgan fingerprint density at radius 3 is 2.50 bits per heavy atom. The number of fused-ring (bicyclic) bond motifs is 1. The van der Waals surface area contributed by atoms with Crippen LogP contribution < -0.4 is 5.32 Å². The lowest BCUT2D eigenvalue weighted by molar-refractivity contribution is 0.400. The molecule has 0 fully saturated rings. The highest BCUT2D eigenvalue weighted by atomic mass is 35.5. The van der Waals surface area contributed by atoms with Gasteiger partial charge in [0.25, 0.3) is 0 Å². The van der Waals surface area contributed by atoms with Gasteiger partial charge in [-0.2, -0.15) is 0 Å². The van der Waals surface area contributed by atoms with Crippen molar-refractivity contribution in [1.82, 2.24) is 5.32 Å². The maximum atomic E-state index is 9.72. The van der Waals surface area contributed by atoms with E-state index in [2.05, 4.69) is 5.32 Å². The average Bonchev–Trinajstić information content (AvgIpc) is 2.40. The minimum atomic E-state index is -0.123. The first-order chi connectivity index (χ1) is 9.56. The molecule has 3 N–H and O–H groups in total. The Morgan fingerprint density at radius 1 is 1.00 bits per heavy atom. The van der Waals surface area contributed by atoms with Gasteiger partial charge in [-0.1, -0.05) is 29.3 Å². The van der Waals surface area contributed by atoms with Gasteiger partial charge >= 0.3 is 0 Å². The zero-order chi connectivity index (χ0) is 14.3. The molecule has 104 valence electrons. The van der Waals surface area contributed by atoms with Crippen LogP contribution in [0.3, 0.4) is 0 Å². The van der Waals surface area contributed by atoms with Crippen molar-refractivity contribution in [2.24, 2.45) is 0 Å². The molecule has 0 spiro atoms. The van der Waals surface area contributed by atoms with Crippen LogP contribution in [0.2, 0.25) is 10.0 Å². The second-order valence-electron chi connectivity index (χ2n) is 4.84. The van der Waals surface area contributed by atoms with Gasteiger partial charge in [-0.3, -0.25) is 0 Å². The van der Waals surface area contributed by atoms with Gasteiger partial charge < -0.3 is 15.5 Å². The predicted octanol–water partition coefficient (Wildman–Crippen LogP) is 3.64. The summed E-state index contributed by atoms with van der Waals surface area (Å²) in [7, 11) is 0. The number of rotatable bonds is 1. The smallest absolute Gasteiger partial charge is 0.157 e. The molecule has 3 rings (SSSR count). The monoisotopic (exact) mass is 309 g/mol. The highest BCUT2D eigenvalue weighted by molar-refractivity contribution is 6.35. The maximum absolute atomic E-state index is 9.72. The van der Waals surface area contributed by atoms with E-state index in [0.717, 1.165) is 29.7 Å². The Kier molecular flexibility index (Phi) is 3.50. The number of halogens is 2. The van der Waals surface area contributed by atoms with Gasteiger partial charge in [0.1, 0.15) is 0 Å². The third kappa shape index (κ3) is 2.33. The zero-order valence-corrected chi connectivity index (χ0v) is 12.0. The molecule has 0 saturated heterocycles. The lowest BCUT2D eigenvalue weighted by Gasteiger charge is -2.28. The summed E-state index contributed by atoms with van der Waals surface area (Å²) >= 11 is 12.2. The van der Waals surface area contributed by atoms with E-state index in [1.807, 2.05) is 6.07 Å². The molecule has 1 aliphatic rings. The molecule has 1 atom stereocenters. The van der Waals surface area contributed by atoms with Gasteiger partial charge in [0, 0.05) is 16.6 Å². The first-order valence-electron chi connectivity index (χ1n) is 6.29. The lowest BCUT2D eigenvalue weighted by atomic mass is 9.89. The summed E-state index contributed by atoms with van der Waals surface area (Å²) in [4.78, 5) is 0. The molecule has 0 radical (unpaired) electrons. The molecule has 5 heteroatoms. The number of hydrogen-bond acceptors (Lipinski definition) is 3. The minimum Gasteiger partial charge on any atom is -0.504 e. The summed E-state index contributed by atoms with van der Waals surface area (Å²) in [6.07, 6.45) is 0.797. The minimum absolute atomic E-state index is 0.0911. The van der Waals surface area contributed by atoms with E-state index in [9.17, 15) is 10.2 Å². The van der Waals surface area contributed by atoms with Crippen LogP contribution in [-0.2, 0) is 6.42 Å². The first-order valence-corrected chi connectivity index (χ1v) is 7.05. The van der Waals surface area contributed by atoms with Gasteiger partial charge in [0.2, 0.25) is 0 Å². The molecule has 1 aliphatic heterocycles. The highest BCUT2D eigenvalue weighted by Gasteiger charge is 2.24. The molecule has 0 saturated carbocycles. The van der Waals surface area contributed by atoms with Crippen molar-refractivity contribution in [3.63, 3.8) is 0 Å². The van der Waals surface area contributed by atoms with E-state index in [1.165, 1.54) is 0 Å². The molecule has 0 amide bonds. The van der Waals surface area contributed by atoms with Crippen molar-refractivity contribution in [3.8, 4) is 11.5 Å². The summed E-state index contributed by atoms with van der Waals surface area (Å²) in [6, 6.07) is 8.46. The fourth-order valence-electron chi connectivity index (χ4n) is 2.60. The van der Waals surface area contributed by atoms with Crippen molar-refractivity contribution in [2.75, 3.05) is 6.54 Å². The van der Waals surface area contributed by atoms with E-state index in [1.54, 1.807) is 24.3 Å². The van der Waals surface area contributed by atoms with Gasteiger partial charge in [0.05, 0.1) is 6.04 Å². The van der Waals surface area contributed by atoms with Gasteiger partial charge in [-0.05, 0) is 47.4 Å². The molecule has 2 aromatic rings. The zero-order valence-electron chi connectivity index (χ0n) is 10.5. The summed E-state index contributed by atoms with van der Waals surface area (Å²) in [6.45, 7) is 0.779. The lowest BCUT2D eigenvalue weighted by Crippen LogP contribution is -2.30. The number of aromatic hydroxyl groups is 2. The highest BCUT2D eigenvalue weighted by Crippen LogP contribution is 2.38. The molecule has 2 aromatic carbocycles. The Bertz CT molecular complexity index is 673. The van der Waals surface area contributed by atoms with Crippen LogP contribution in [0.1, 0.15) is 22.7 Å². The third-order valence-corrected chi connectivity index (χ3v) is 4.13. The van der Waals surface area contributed by atoms with Crippen LogP contribution in [0.5, 0.6) is 11.5 Å². The second kappa shape index (κ2) is 5.17. The molecule has 1 unspecified atom stereocenters. The summed E-state index contributed by atoms with van der Waals surface area (Å²) in [5.41, 5.74) is 2.84. The van der Waals surface area contributed by atoms with Gasteiger partial charge in [-0.15, -0.1) is 0 Å². The number of benzene rings is 2. The van der Waals surface area contributed by atoms with E-state index in [0.29, 0.717) is 10.0 Å². The standard InChI is InChI=1S/C15H13Cl2NO2/c16-9-1-2-10(12(17)6-9)15-11-7-14(20)13(19)5-8(11)3-4-18-15/h1-2,5-7,15,18-20H,3-4H2. The molecular weight excluding hydrogens is 297 g/mol. The Morgan fingerprint density at radius 2 is 1.75 bits per heavy atom. The quantitative estimate of drug-likeness (QED) is 0.705.